The molecule has 0 aliphatic carbocycles. The van der Waals surface area contributed by atoms with Gasteiger partial charge in [0.15, 0.2) is 6.10 Å². The molecule has 0 aromatic carbocycles. The SMILES string of the molecule is CC/C=C\C/C=C\C/C=C\C/C=C\C/C=C\CCCCCCCCCC(=O)OCC(COC(=O)CCCCCCC/C=C\C/C=C\CCCC)OC(=O)CCCCCCCCC/C=C\C/C=C\C/C=C\C/C=C\C/C=C\CC. The molecule has 0 aromatic rings. The average molecular weight is 1080 g/mol. The van der Waals surface area contributed by atoms with Crippen LogP contribution in [0.25, 0.3) is 0 Å². The lowest BCUT2D eigenvalue weighted by molar-refractivity contribution is -0.167. The van der Waals surface area contributed by atoms with E-state index >= 15 is 0 Å². The van der Waals surface area contributed by atoms with Gasteiger partial charge in [0.2, 0.25) is 0 Å². The smallest absolute Gasteiger partial charge is 0.306 e. The van der Waals surface area contributed by atoms with Crippen molar-refractivity contribution in [2.24, 2.45) is 0 Å². The number of hydrogen-bond acceptors (Lipinski definition) is 6. The summed E-state index contributed by atoms with van der Waals surface area (Å²) in [5.74, 6) is -0.934. The van der Waals surface area contributed by atoms with Crippen molar-refractivity contribution < 1.29 is 28.6 Å². The van der Waals surface area contributed by atoms with Gasteiger partial charge in [-0.15, -0.1) is 0 Å². The molecule has 0 fully saturated rings. The van der Waals surface area contributed by atoms with Crippen molar-refractivity contribution in [2.45, 2.75) is 277 Å². The van der Waals surface area contributed by atoms with Gasteiger partial charge < -0.3 is 14.2 Å². The summed E-state index contributed by atoms with van der Waals surface area (Å²) in [7, 11) is 0. The highest BCUT2D eigenvalue weighted by atomic mass is 16.6. The molecule has 0 rings (SSSR count). The largest absolute Gasteiger partial charge is 0.462 e. The third kappa shape index (κ3) is 62.1. The predicted octanol–water partition coefficient (Wildman–Crippen LogP) is 21.9. The lowest BCUT2D eigenvalue weighted by Gasteiger charge is -2.18. The molecule has 0 bridgehead atoms. The Hall–Kier alpha value is -4.71. The van der Waals surface area contributed by atoms with Crippen molar-refractivity contribution in [3.05, 3.63) is 146 Å². The number of rotatable bonds is 56. The molecule has 0 aliphatic heterocycles. The van der Waals surface area contributed by atoms with E-state index in [2.05, 4.69) is 167 Å². The highest BCUT2D eigenvalue weighted by Crippen LogP contribution is 2.15. The summed E-state index contributed by atoms with van der Waals surface area (Å²) < 4.78 is 16.9. The van der Waals surface area contributed by atoms with Gasteiger partial charge in [-0.1, -0.05) is 263 Å². The van der Waals surface area contributed by atoms with Crippen LogP contribution in [0.5, 0.6) is 0 Å². The van der Waals surface area contributed by atoms with Crippen LogP contribution >= 0.6 is 0 Å². The molecule has 0 aromatic heterocycles. The van der Waals surface area contributed by atoms with Gasteiger partial charge in [0.25, 0.3) is 0 Å². The minimum absolute atomic E-state index is 0.0983. The normalized spacial score (nSPS) is 13.1. The minimum atomic E-state index is -0.803. The summed E-state index contributed by atoms with van der Waals surface area (Å²) in [5.41, 5.74) is 0. The molecule has 0 N–H and O–H groups in total. The molecule has 6 heteroatoms. The second-order valence-corrected chi connectivity index (χ2v) is 20.5. The number of esters is 3. The lowest BCUT2D eigenvalue weighted by atomic mass is 10.1. The zero-order chi connectivity index (χ0) is 56.4. The Morgan fingerprint density at radius 3 is 0.782 bits per heavy atom. The maximum Gasteiger partial charge on any atom is 0.306 e. The molecule has 1 atom stereocenters. The van der Waals surface area contributed by atoms with Gasteiger partial charge in [-0.05, 0) is 135 Å². The first-order chi connectivity index (χ1) is 38.5. The van der Waals surface area contributed by atoms with E-state index in [4.69, 9.17) is 14.2 Å². The topological polar surface area (TPSA) is 78.9 Å². The minimum Gasteiger partial charge on any atom is -0.462 e. The Morgan fingerprint density at radius 2 is 0.500 bits per heavy atom. The fourth-order valence-electron chi connectivity index (χ4n) is 8.34. The molecule has 6 nitrogen and oxygen atoms in total. The van der Waals surface area contributed by atoms with Crippen LogP contribution in [0.4, 0.5) is 0 Å². The molecular formula is C72H116O6. The van der Waals surface area contributed by atoms with Gasteiger partial charge in [0.1, 0.15) is 13.2 Å². The zero-order valence-corrected chi connectivity index (χ0v) is 50.4. The van der Waals surface area contributed by atoms with Crippen LogP contribution in [0.15, 0.2) is 146 Å². The van der Waals surface area contributed by atoms with Gasteiger partial charge >= 0.3 is 17.9 Å². The molecule has 0 radical (unpaired) electrons. The van der Waals surface area contributed by atoms with Gasteiger partial charge in [-0.2, -0.15) is 0 Å². The Bertz CT molecular complexity index is 1710. The molecule has 0 saturated heterocycles. The zero-order valence-electron chi connectivity index (χ0n) is 50.4. The molecule has 78 heavy (non-hydrogen) atoms. The van der Waals surface area contributed by atoms with Crippen LogP contribution in [0.2, 0.25) is 0 Å². The third-order valence-electron chi connectivity index (χ3n) is 13.1. The van der Waals surface area contributed by atoms with Gasteiger partial charge in [-0.3, -0.25) is 14.4 Å². The monoisotopic (exact) mass is 1080 g/mol. The molecular weight excluding hydrogens is 961 g/mol. The van der Waals surface area contributed by atoms with E-state index in [0.717, 1.165) is 167 Å². The van der Waals surface area contributed by atoms with Crippen molar-refractivity contribution in [3.8, 4) is 0 Å². The number of hydrogen-bond donors (Lipinski definition) is 0. The second kappa shape index (κ2) is 64.8. The first-order valence-electron chi connectivity index (χ1n) is 31.8. The van der Waals surface area contributed by atoms with Crippen LogP contribution in [0.3, 0.4) is 0 Å². The number of allylic oxidation sites excluding steroid dienone is 24. The molecule has 0 heterocycles. The fourth-order valence-corrected chi connectivity index (χ4v) is 8.34. The summed E-state index contributed by atoms with van der Waals surface area (Å²) >= 11 is 0. The Morgan fingerprint density at radius 1 is 0.269 bits per heavy atom. The van der Waals surface area contributed by atoms with E-state index in [1.165, 1.54) is 64.2 Å². The number of carbonyl (C=O) groups excluding carboxylic acids is 3. The predicted molar refractivity (Wildman–Crippen MR) is 339 cm³/mol. The summed E-state index contributed by atoms with van der Waals surface area (Å²) in [6.07, 6.45) is 92.7. The van der Waals surface area contributed by atoms with Crippen LogP contribution in [0, 0.1) is 0 Å². The van der Waals surface area contributed by atoms with Gasteiger partial charge in [0, 0.05) is 19.3 Å². The van der Waals surface area contributed by atoms with E-state index < -0.39 is 6.10 Å². The van der Waals surface area contributed by atoms with Crippen LogP contribution in [-0.2, 0) is 28.6 Å². The van der Waals surface area contributed by atoms with Crippen LogP contribution in [-0.4, -0.2) is 37.2 Å². The first-order valence-corrected chi connectivity index (χ1v) is 31.8. The van der Waals surface area contributed by atoms with Gasteiger partial charge in [0.05, 0.1) is 0 Å². The Labute approximate surface area is 480 Å². The number of unbranched alkanes of at least 4 members (excludes halogenated alkanes) is 21. The maximum absolute atomic E-state index is 12.9. The van der Waals surface area contributed by atoms with Crippen molar-refractivity contribution >= 4 is 17.9 Å². The van der Waals surface area contributed by atoms with Crippen LogP contribution < -0.4 is 0 Å². The van der Waals surface area contributed by atoms with Crippen molar-refractivity contribution in [2.75, 3.05) is 13.2 Å². The summed E-state index contributed by atoms with van der Waals surface area (Å²) in [5, 5.41) is 0. The van der Waals surface area contributed by atoms with Crippen LogP contribution in [0.1, 0.15) is 271 Å². The molecule has 0 amide bonds. The summed E-state index contributed by atoms with van der Waals surface area (Å²) in [4.78, 5) is 38.3. The lowest BCUT2D eigenvalue weighted by Crippen LogP contribution is -2.30. The maximum atomic E-state index is 12.9. The second-order valence-electron chi connectivity index (χ2n) is 20.5. The molecule has 0 spiro atoms. The van der Waals surface area contributed by atoms with Crippen molar-refractivity contribution in [1.29, 1.82) is 0 Å². The number of ether oxygens (including phenoxy) is 3. The quantitative estimate of drug-likeness (QED) is 0.0261. The fraction of sp³-hybridized carbons (Fsp3) is 0.625. The standard InChI is InChI=1S/C72H116O6/c1-4-7-10-13-16-19-22-25-28-30-32-34-36-38-40-42-44-47-50-53-56-59-62-65-71(74)77-68-69(67-76-70(73)64-61-58-55-52-49-46-27-24-21-18-15-12-9-6-3)78-72(75)66-63-60-57-54-51-48-45-43-41-39-37-35-33-31-29-26-23-20-17-14-11-8-5-2/h7-8,10-11,15-20,24-29,32-35,38-41,69H,4-6,9,12-14,21-23,30-31,36-37,42-68H2,1-3H3/b10-7-,11-8-,18-15-,19-16-,20-17-,27-24-,28-25-,29-26-,34-32-,35-33-,40-38-,41-39-. The Kier molecular flexibility index (Phi) is 60.9. The summed E-state index contributed by atoms with van der Waals surface area (Å²) in [6, 6.07) is 0. The average Bonchev–Trinajstić information content (AvgIpc) is 3.44. The van der Waals surface area contributed by atoms with Crippen molar-refractivity contribution in [3.63, 3.8) is 0 Å². The molecule has 0 saturated carbocycles. The van der Waals surface area contributed by atoms with E-state index in [9.17, 15) is 14.4 Å². The third-order valence-corrected chi connectivity index (χ3v) is 13.1. The molecule has 440 valence electrons. The Balaban J connectivity index is 4.44. The van der Waals surface area contributed by atoms with Crippen molar-refractivity contribution in [1.82, 2.24) is 0 Å². The van der Waals surface area contributed by atoms with E-state index in [-0.39, 0.29) is 31.1 Å². The first kappa shape index (κ1) is 73.3. The van der Waals surface area contributed by atoms with E-state index in [1.807, 2.05) is 0 Å². The van der Waals surface area contributed by atoms with E-state index in [0.29, 0.717) is 19.3 Å². The van der Waals surface area contributed by atoms with Gasteiger partial charge in [-0.25, -0.2) is 0 Å². The highest BCUT2D eigenvalue weighted by molar-refractivity contribution is 5.71. The molecule has 1 unspecified atom stereocenters. The highest BCUT2D eigenvalue weighted by Gasteiger charge is 2.19. The van der Waals surface area contributed by atoms with E-state index in [1.54, 1.807) is 0 Å². The molecule has 0 aliphatic rings. The number of carbonyl (C=O) groups is 3. The summed E-state index contributed by atoms with van der Waals surface area (Å²) in [6.45, 7) is 6.34.